The zero-order chi connectivity index (χ0) is 23.2. The van der Waals surface area contributed by atoms with E-state index < -0.39 is 0 Å². The Balaban J connectivity index is 1.42. The Morgan fingerprint density at radius 1 is 1.15 bits per heavy atom. The third-order valence-corrected chi connectivity index (χ3v) is 7.07. The Kier molecular flexibility index (Phi) is 8.06. The molecule has 178 valence electrons. The third-order valence-electron chi connectivity index (χ3n) is 6.82. The van der Waals surface area contributed by atoms with Crippen LogP contribution in [-0.4, -0.2) is 59.9 Å². The number of nitrogens with one attached hydrogen (secondary N) is 2. The van der Waals surface area contributed by atoms with Crippen molar-refractivity contribution < 1.29 is 14.6 Å². The molecule has 7 nitrogen and oxygen atoms in total. The SMILES string of the molecule is COc1ccc([C@@H]2CN(CC3CCC(O)CC3)CC[C@H]2NC(=O)Nc2ccc(Cl)cc2)nc1. The Hall–Kier alpha value is -2.35. The topological polar surface area (TPSA) is 86.7 Å². The fourth-order valence-electron chi connectivity index (χ4n) is 4.95. The van der Waals surface area contributed by atoms with Crippen LogP contribution in [0, 0.1) is 5.92 Å². The van der Waals surface area contributed by atoms with Gasteiger partial charge in [0.1, 0.15) is 5.75 Å². The number of carbonyl (C=O) groups is 1. The molecule has 1 saturated heterocycles. The molecule has 3 N–H and O–H groups in total. The lowest BCUT2D eigenvalue weighted by molar-refractivity contribution is 0.0837. The van der Waals surface area contributed by atoms with Crippen molar-refractivity contribution in [3.05, 3.63) is 53.3 Å². The molecule has 1 aliphatic carbocycles. The van der Waals surface area contributed by atoms with Gasteiger partial charge in [0.15, 0.2) is 0 Å². The lowest BCUT2D eigenvalue weighted by atomic mass is 9.85. The van der Waals surface area contributed by atoms with Gasteiger partial charge in [0.25, 0.3) is 0 Å². The number of pyridine rings is 1. The zero-order valence-electron chi connectivity index (χ0n) is 19.0. The van der Waals surface area contributed by atoms with Gasteiger partial charge in [0, 0.05) is 48.0 Å². The first-order chi connectivity index (χ1) is 16.0. The molecule has 2 aromatic rings. The van der Waals surface area contributed by atoms with Gasteiger partial charge in [-0.3, -0.25) is 4.98 Å². The van der Waals surface area contributed by atoms with E-state index in [1.54, 1.807) is 37.6 Å². The average Bonchev–Trinajstić information content (AvgIpc) is 2.83. The number of rotatable bonds is 6. The van der Waals surface area contributed by atoms with Crippen LogP contribution in [-0.2, 0) is 0 Å². The number of anilines is 1. The van der Waals surface area contributed by atoms with Crippen molar-refractivity contribution in [3.63, 3.8) is 0 Å². The Labute approximate surface area is 200 Å². The van der Waals surface area contributed by atoms with Crippen LogP contribution in [0.1, 0.15) is 43.7 Å². The quantitative estimate of drug-likeness (QED) is 0.584. The highest BCUT2D eigenvalue weighted by molar-refractivity contribution is 6.30. The molecule has 4 rings (SSSR count). The van der Waals surface area contributed by atoms with Crippen molar-refractivity contribution >= 4 is 23.3 Å². The summed E-state index contributed by atoms with van der Waals surface area (Å²) in [5.41, 5.74) is 1.66. The lowest BCUT2D eigenvalue weighted by Crippen LogP contribution is -2.51. The summed E-state index contributed by atoms with van der Waals surface area (Å²) in [6, 6.07) is 10.7. The van der Waals surface area contributed by atoms with E-state index in [0.717, 1.165) is 63.2 Å². The smallest absolute Gasteiger partial charge is 0.319 e. The number of ether oxygens (including phenoxy) is 1. The maximum Gasteiger partial charge on any atom is 0.319 e. The molecular weight excluding hydrogens is 440 g/mol. The van der Waals surface area contributed by atoms with E-state index >= 15 is 0 Å². The molecule has 2 amide bonds. The minimum atomic E-state index is -0.226. The first-order valence-electron chi connectivity index (χ1n) is 11.7. The highest BCUT2D eigenvalue weighted by Crippen LogP contribution is 2.31. The molecule has 0 unspecified atom stereocenters. The van der Waals surface area contributed by atoms with E-state index in [0.29, 0.717) is 16.6 Å². The van der Waals surface area contributed by atoms with Crippen LogP contribution in [0.15, 0.2) is 42.6 Å². The van der Waals surface area contributed by atoms with Crippen LogP contribution < -0.4 is 15.4 Å². The maximum absolute atomic E-state index is 12.7. The van der Waals surface area contributed by atoms with Gasteiger partial charge in [-0.2, -0.15) is 0 Å². The minimum Gasteiger partial charge on any atom is -0.495 e. The van der Waals surface area contributed by atoms with E-state index in [9.17, 15) is 9.90 Å². The van der Waals surface area contributed by atoms with Crippen molar-refractivity contribution in [2.45, 2.75) is 50.2 Å². The van der Waals surface area contributed by atoms with E-state index in [1.165, 1.54) is 0 Å². The number of piperidine rings is 1. The minimum absolute atomic E-state index is 0.0253. The molecule has 1 saturated carbocycles. The second-order valence-corrected chi connectivity index (χ2v) is 9.60. The van der Waals surface area contributed by atoms with Crippen molar-refractivity contribution in [3.8, 4) is 5.75 Å². The first kappa shape index (κ1) is 23.8. The molecule has 2 atom stereocenters. The number of urea groups is 1. The van der Waals surface area contributed by atoms with E-state index in [4.69, 9.17) is 16.3 Å². The van der Waals surface area contributed by atoms with Crippen LogP contribution in [0.3, 0.4) is 0 Å². The zero-order valence-corrected chi connectivity index (χ0v) is 19.8. The van der Waals surface area contributed by atoms with Gasteiger partial charge in [0.2, 0.25) is 0 Å². The number of nitrogens with zero attached hydrogens (tertiary/aromatic N) is 2. The molecule has 1 aromatic carbocycles. The number of hydrogen-bond acceptors (Lipinski definition) is 5. The molecule has 2 heterocycles. The van der Waals surface area contributed by atoms with E-state index in [2.05, 4.69) is 20.5 Å². The number of likely N-dealkylation sites (tertiary alicyclic amines) is 1. The molecule has 1 aromatic heterocycles. The predicted molar refractivity (Wildman–Crippen MR) is 130 cm³/mol. The lowest BCUT2D eigenvalue weighted by Gasteiger charge is -2.40. The summed E-state index contributed by atoms with van der Waals surface area (Å²) in [6.07, 6.45) is 6.41. The van der Waals surface area contributed by atoms with Crippen molar-refractivity contribution in [1.29, 1.82) is 0 Å². The number of aliphatic hydroxyl groups is 1. The van der Waals surface area contributed by atoms with Gasteiger partial charge in [0.05, 0.1) is 19.4 Å². The molecule has 0 bridgehead atoms. The molecular formula is C25H33ClN4O3. The Morgan fingerprint density at radius 2 is 1.91 bits per heavy atom. The Bertz CT molecular complexity index is 901. The van der Waals surface area contributed by atoms with Crippen LogP contribution in [0.2, 0.25) is 5.02 Å². The Morgan fingerprint density at radius 3 is 2.58 bits per heavy atom. The van der Waals surface area contributed by atoms with Crippen molar-refractivity contribution in [2.75, 3.05) is 32.1 Å². The number of halogens is 1. The molecule has 1 aliphatic heterocycles. The van der Waals surface area contributed by atoms with Gasteiger partial charge < -0.3 is 25.4 Å². The van der Waals surface area contributed by atoms with E-state index in [-0.39, 0.29) is 24.1 Å². The average molecular weight is 473 g/mol. The number of hydrogen-bond donors (Lipinski definition) is 3. The van der Waals surface area contributed by atoms with Gasteiger partial charge in [-0.25, -0.2) is 4.79 Å². The number of benzene rings is 1. The van der Waals surface area contributed by atoms with Gasteiger partial charge >= 0.3 is 6.03 Å². The number of methoxy groups -OCH3 is 1. The largest absolute Gasteiger partial charge is 0.495 e. The maximum atomic E-state index is 12.7. The van der Waals surface area contributed by atoms with Crippen molar-refractivity contribution in [2.24, 2.45) is 5.92 Å². The fourth-order valence-corrected chi connectivity index (χ4v) is 5.08. The monoisotopic (exact) mass is 472 g/mol. The molecule has 2 fully saturated rings. The number of aliphatic hydroxyl groups excluding tert-OH is 1. The summed E-state index contributed by atoms with van der Waals surface area (Å²) in [4.78, 5) is 19.9. The number of aromatic nitrogens is 1. The summed E-state index contributed by atoms with van der Waals surface area (Å²) >= 11 is 5.94. The van der Waals surface area contributed by atoms with Crippen LogP contribution >= 0.6 is 11.6 Å². The van der Waals surface area contributed by atoms with Crippen LogP contribution in [0.5, 0.6) is 5.75 Å². The summed E-state index contributed by atoms with van der Waals surface area (Å²) in [5, 5.41) is 16.5. The van der Waals surface area contributed by atoms with Gasteiger partial charge in [-0.05, 0) is 74.4 Å². The van der Waals surface area contributed by atoms with Crippen LogP contribution in [0.25, 0.3) is 0 Å². The van der Waals surface area contributed by atoms with E-state index in [1.807, 2.05) is 12.1 Å². The fraction of sp³-hybridized carbons (Fsp3) is 0.520. The molecule has 8 heteroatoms. The summed E-state index contributed by atoms with van der Waals surface area (Å²) in [5.74, 6) is 1.42. The molecule has 0 spiro atoms. The summed E-state index contributed by atoms with van der Waals surface area (Å²) < 4.78 is 5.27. The normalized spacial score (nSPS) is 25.9. The molecule has 0 radical (unpaired) electrons. The predicted octanol–water partition coefficient (Wildman–Crippen LogP) is 4.27. The van der Waals surface area contributed by atoms with Gasteiger partial charge in [-0.1, -0.05) is 11.6 Å². The second-order valence-electron chi connectivity index (χ2n) is 9.16. The highest BCUT2D eigenvalue weighted by Gasteiger charge is 2.34. The summed E-state index contributed by atoms with van der Waals surface area (Å²) in [7, 11) is 1.63. The second kappa shape index (κ2) is 11.2. The number of amides is 2. The first-order valence-corrected chi connectivity index (χ1v) is 12.1. The van der Waals surface area contributed by atoms with Gasteiger partial charge in [-0.15, -0.1) is 0 Å². The highest BCUT2D eigenvalue weighted by atomic mass is 35.5. The third kappa shape index (κ3) is 6.59. The molecule has 33 heavy (non-hydrogen) atoms. The van der Waals surface area contributed by atoms with Crippen LogP contribution in [0.4, 0.5) is 10.5 Å². The van der Waals surface area contributed by atoms with Crippen molar-refractivity contribution in [1.82, 2.24) is 15.2 Å². The summed E-state index contributed by atoms with van der Waals surface area (Å²) in [6.45, 7) is 2.80. The standard InChI is InChI=1S/C25H33ClN4O3/c1-33-21-10-11-23(27-14-21)22-16-30(15-17-2-8-20(31)9-3-17)13-12-24(22)29-25(32)28-19-6-4-18(26)5-7-19/h4-7,10-11,14,17,20,22,24,31H,2-3,8-9,12-13,15-16H2,1H3,(H2,28,29,32)/t17?,20?,22-,24+/m0/s1. The number of carbonyl (C=O) groups excluding carboxylic acids is 1. The molecule has 2 aliphatic rings.